The number of nitrogens with two attached hydrogens (primary N) is 1. The Morgan fingerprint density at radius 1 is 1.61 bits per heavy atom. The van der Waals surface area contributed by atoms with E-state index in [1.54, 1.807) is 11.6 Å². The molecule has 0 aromatic carbocycles. The summed E-state index contributed by atoms with van der Waals surface area (Å²) in [4.78, 5) is 15.5. The number of anilines is 2. The molecule has 0 radical (unpaired) electrons. The van der Waals surface area contributed by atoms with Gasteiger partial charge in [0.25, 0.3) is 4.96 Å². The number of hydrogen-bond acceptors (Lipinski definition) is 8. The summed E-state index contributed by atoms with van der Waals surface area (Å²) in [6.07, 6.45) is 2.80. The van der Waals surface area contributed by atoms with Gasteiger partial charge in [-0.2, -0.15) is 19.7 Å². The SMILES string of the molecule is N#Cc1c(N)n[nH]c1CCCNc1nc2sccn2c1[N+](=O)[O-]. The van der Waals surface area contributed by atoms with Crippen LogP contribution < -0.4 is 11.1 Å². The number of imidazole rings is 1. The average Bonchev–Trinajstić information content (AvgIpc) is 3.17. The second kappa shape index (κ2) is 5.93. The Morgan fingerprint density at radius 3 is 3.17 bits per heavy atom. The van der Waals surface area contributed by atoms with Crippen LogP contribution in [-0.2, 0) is 6.42 Å². The number of nitrogens with zero attached hydrogens (tertiary/aromatic N) is 5. The molecule has 0 bridgehead atoms. The van der Waals surface area contributed by atoms with Crippen LogP contribution in [-0.4, -0.2) is 31.1 Å². The monoisotopic (exact) mass is 332 g/mol. The summed E-state index contributed by atoms with van der Waals surface area (Å²) in [6.45, 7) is 0.468. The second-order valence-electron chi connectivity index (χ2n) is 4.70. The third-order valence-corrected chi connectivity index (χ3v) is 4.04. The van der Waals surface area contributed by atoms with Crippen LogP contribution in [0.15, 0.2) is 11.6 Å². The number of nitrogens with one attached hydrogen (secondary N) is 2. The van der Waals surface area contributed by atoms with Crippen molar-refractivity contribution in [3.05, 3.63) is 32.9 Å². The van der Waals surface area contributed by atoms with Crippen molar-refractivity contribution in [1.82, 2.24) is 19.6 Å². The van der Waals surface area contributed by atoms with E-state index in [9.17, 15) is 10.1 Å². The Bertz CT molecular complexity index is 902. The number of rotatable bonds is 6. The number of aromatic amines is 1. The molecule has 3 heterocycles. The van der Waals surface area contributed by atoms with Crippen molar-refractivity contribution in [3.8, 4) is 6.07 Å². The fourth-order valence-corrected chi connectivity index (χ4v) is 2.95. The van der Waals surface area contributed by atoms with Crippen molar-refractivity contribution >= 4 is 33.8 Å². The highest BCUT2D eigenvalue weighted by molar-refractivity contribution is 7.15. The van der Waals surface area contributed by atoms with E-state index in [1.807, 2.05) is 6.07 Å². The van der Waals surface area contributed by atoms with E-state index >= 15 is 0 Å². The molecular formula is C12H12N8O2S. The Hall–Kier alpha value is -3.13. The van der Waals surface area contributed by atoms with Crippen LogP contribution in [0.5, 0.6) is 0 Å². The van der Waals surface area contributed by atoms with E-state index in [4.69, 9.17) is 11.0 Å². The molecular weight excluding hydrogens is 320 g/mol. The second-order valence-corrected chi connectivity index (χ2v) is 5.57. The number of nitrogen functional groups attached to an aromatic ring is 1. The van der Waals surface area contributed by atoms with Crippen LogP contribution in [0.4, 0.5) is 17.5 Å². The van der Waals surface area contributed by atoms with Crippen LogP contribution in [0.2, 0.25) is 0 Å². The van der Waals surface area contributed by atoms with Gasteiger partial charge in [-0.05, 0) is 17.8 Å². The molecule has 0 spiro atoms. The quantitative estimate of drug-likeness (QED) is 0.351. The molecule has 0 aliphatic heterocycles. The lowest BCUT2D eigenvalue weighted by atomic mass is 10.1. The number of thiazole rings is 1. The number of H-pyrrole nitrogens is 1. The number of fused-ring (bicyclic) bond motifs is 1. The number of aromatic nitrogens is 4. The topological polar surface area (TPSA) is 151 Å². The highest BCUT2D eigenvalue weighted by Crippen LogP contribution is 2.27. The maximum absolute atomic E-state index is 11.2. The molecule has 3 aromatic rings. The maximum atomic E-state index is 11.2. The lowest BCUT2D eigenvalue weighted by Gasteiger charge is -2.03. The Morgan fingerprint density at radius 2 is 2.43 bits per heavy atom. The van der Waals surface area contributed by atoms with Crippen LogP contribution in [0.3, 0.4) is 0 Å². The fourth-order valence-electron chi connectivity index (χ4n) is 2.24. The predicted molar refractivity (Wildman–Crippen MR) is 84.2 cm³/mol. The molecule has 0 fully saturated rings. The van der Waals surface area contributed by atoms with Gasteiger partial charge in [0.1, 0.15) is 17.8 Å². The average molecular weight is 332 g/mol. The standard InChI is InChI=1S/C12H12N8O2S/c13-6-7-8(17-18-9(7)14)2-1-3-15-10-11(20(21)22)19-4-5-23-12(19)16-10/h4-5,15H,1-3H2,(H3,14,17,18). The van der Waals surface area contributed by atoms with Gasteiger partial charge < -0.3 is 21.2 Å². The Labute approximate surface area is 133 Å². The summed E-state index contributed by atoms with van der Waals surface area (Å²) in [5, 5.41) is 31.4. The minimum Gasteiger partial charge on any atom is -0.381 e. The van der Waals surface area contributed by atoms with Gasteiger partial charge in [-0.15, -0.1) is 0 Å². The summed E-state index contributed by atoms with van der Waals surface area (Å²) in [6, 6.07) is 2.00. The van der Waals surface area contributed by atoms with Gasteiger partial charge in [0.05, 0.1) is 5.69 Å². The van der Waals surface area contributed by atoms with Crippen molar-refractivity contribution in [3.63, 3.8) is 0 Å². The van der Waals surface area contributed by atoms with Crippen molar-refractivity contribution < 1.29 is 4.92 Å². The van der Waals surface area contributed by atoms with E-state index in [-0.39, 0.29) is 17.5 Å². The largest absolute Gasteiger partial charge is 0.381 e. The van der Waals surface area contributed by atoms with Gasteiger partial charge in [-0.25, -0.2) is 0 Å². The van der Waals surface area contributed by atoms with Gasteiger partial charge in [-0.3, -0.25) is 5.10 Å². The number of nitro groups is 1. The van der Waals surface area contributed by atoms with Crippen LogP contribution in [0, 0.1) is 21.4 Å². The summed E-state index contributed by atoms with van der Waals surface area (Å²) < 4.78 is 1.44. The molecule has 3 aromatic heterocycles. The number of nitriles is 1. The van der Waals surface area contributed by atoms with Gasteiger partial charge in [0.2, 0.25) is 5.82 Å². The van der Waals surface area contributed by atoms with Crippen molar-refractivity contribution in [2.75, 3.05) is 17.6 Å². The number of hydrogen-bond donors (Lipinski definition) is 3. The van der Waals surface area contributed by atoms with Crippen LogP contribution in [0.1, 0.15) is 17.7 Å². The summed E-state index contributed by atoms with van der Waals surface area (Å²) in [5.74, 6) is 0.344. The summed E-state index contributed by atoms with van der Waals surface area (Å²) in [5.41, 5.74) is 6.57. The molecule has 0 amide bonds. The van der Waals surface area contributed by atoms with E-state index in [0.717, 1.165) is 0 Å². The molecule has 0 saturated carbocycles. The normalized spacial score (nSPS) is 10.7. The van der Waals surface area contributed by atoms with E-state index in [0.29, 0.717) is 35.6 Å². The zero-order valence-corrected chi connectivity index (χ0v) is 12.6. The smallest absolute Gasteiger partial charge is 0.372 e. The first-order valence-corrected chi connectivity index (χ1v) is 7.56. The third kappa shape index (κ3) is 2.67. The maximum Gasteiger partial charge on any atom is 0.372 e. The molecule has 10 nitrogen and oxygen atoms in total. The predicted octanol–water partition coefficient (Wildman–Crippen LogP) is 1.53. The van der Waals surface area contributed by atoms with Gasteiger partial charge >= 0.3 is 5.82 Å². The molecule has 0 saturated heterocycles. The molecule has 0 aliphatic rings. The minimum atomic E-state index is -0.460. The third-order valence-electron chi connectivity index (χ3n) is 3.29. The van der Waals surface area contributed by atoms with E-state index in [1.165, 1.54) is 15.7 Å². The van der Waals surface area contributed by atoms with Crippen molar-refractivity contribution in [2.24, 2.45) is 0 Å². The van der Waals surface area contributed by atoms with Crippen LogP contribution in [0.25, 0.3) is 4.96 Å². The zero-order valence-electron chi connectivity index (χ0n) is 11.8. The molecule has 118 valence electrons. The fraction of sp³-hybridized carbons (Fsp3) is 0.250. The first-order chi connectivity index (χ1) is 11.1. The molecule has 4 N–H and O–H groups in total. The van der Waals surface area contributed by atoms with Crippen molar-refractivity contribution in [2.45, 2.75) is 12.8 Å². The lowest BCUT2D eigenvalue weighted by molar-refractivity contribution is -0.389. The first-order valence-electron chi connectivity index (χ1n) is 6.68. The minimum absolute atomic E-state index is 0.0789. The van der Waals surface area contributed by atoms with Gasteiger partial charge in [0.15, 0.2) is 5.82 Å². The first kappa shape index (κ1) is 14.8. The molecule has 0 atom stereocenters. The summed E-state index contributed by atoms with van der Waals surface area (Å²) in [7, 11) is 0. The lowest BCUT2D eigenvalue weighted by Crippen LogP contribution is -2.06. The van der Waals surface area contributed by atoms with Gasteiger partial charge in [0, 0.05) is 11.9 Å². The van der Waals surface area contributed by atoms with E-state index in [2.05, 4.69) is 20.5 Å². The Kier molecular flexibility index (Phi) is 3.82. The molecule has 3 rings (SSSR count). The molecule has 0 aliphatic carbocycles. The van der Waals surface area contributed by atoms with Crippen LogP contribution >= 0.6 is 11.3 Å². The van der Waals surface area contributed by atoms with E-state index < -0.39 is 4.92 Å². The Balaban J connectivity index is 1.65. The summed E-state index contributed by atoms with van der Waals surface area (Å²) >= 11 is 1.33. The van der Waals surface area contributed by atoms with Gasteiger partial charge in [-0.1, -0.05) is 11.3 Å². The molecule has 0 unspecified atom stereocenters. The molecule has 23 heavy (non-hydrogen) atoms. The molecule has 11 heteroatoms. The highest BCUT2D eigenvalue weighted by Gasteiger charge is 2.23. The number of aryl methyl sites for hydroxylation is 1. The van der Waals surface area contributed by atoms with Crippen molar-refractivity contribution in [1.29, 1.82) is 5.26 Å². The zero-order chi connectivity index (χ0) is 16.4. The highest BCUT2D eigenvalue weighted by atomic mass is 32.1.